The van der Waals surface area contributed by atoms with Crippen LogP contribution >= 0.6 is 0 Å². The Labute approximate surface area is 280 Å². The van der Waals surface area contributed by atoms with E-state index in [0.29, 0.717) is 24.5 Å². The molecule has 0 saturated heterocycles. The van der Waals surface area contributed by atoms with Crippen molar-refractivity contribution >= 4 is 5.97 Å². The molecule has 47 heavy (non-hydrogen) atoms. The molecule has 0 aromatic heterocycles. The number of phenolic OH excluding ortho intramolecular Hbond substituents is 1. The Hall–Kier alpha value is -3.67. The van der Waals surface area contributed by atoms with E-state index in [2.05, 4.69) is 72.7 Å². The van der Waals surface area contributed by atoms with Crippen molar-refractivity contribution in [2.45, 2.75) is 123 Å². The summed E-state index contributed by atoms with van der Waals surface area (Å²) in [7, 11) is 0. The molecule has 0 radical (unpaired) electrons. The fraction of sp³-hybridized carbons (Fsp3) is 0.537. The Morgan fingerprint density at radius 2 is 1.49 bits per heavy atom. The summed E-state index contributed by atoms with van der Waals surface area (Å²) < 4.78 is 25.9. The van der Waals surface area contributed by atoms with Crippen molar-refractivity contribution in [3.8, 4) is 23.0 Å². The maximum absolute atomic E-state index is 13.3. The summed E-state index contributed by atoms with van der Waals surface area (Å²) >= 11 is 0. The molecule has 252 valence electrons. The highest BCUT2D eigenvalue weighted by molar-refractivity contribution is 5.71. The third kappa shape index (κ3) is 6.33. The van der Waals surface area contributed by atoms with Gasteiger partial charge in [0.2, 0.25) is 0 Å². The van der Waals surface area contributed by atoms with E-state index in [1.165, 1.54) is 5.56 Å². The number of carbonyl (C=O) groups excluding carboxylic acids is 1. The molecule has 1 fully saturated rings. The van der Waals surface area contributed by atoms with Crippen LogP contribution in [0.2, 0.25) is 0 Å². The normalized spacial score (nSPS) is 25.9. The highest BCUT2D eigenvalue weighted by atomic mass is 16.7. The molecule has 4 unspecified atom stereocenters. The molecule has 3 aromatic carbocycles. The topological polar surface area (TPSA) is 74.2 Å². The Kier molecular flexibility index (Phi) is 8.33. The first-order valence-corrected chi connectivity index (χ1v) is 17.2. The van der Waals surface area contributed by atoms with Crippen molar-refractivity contribution < 1.29 is 28.8 Å². The smallest absolute Gasteiger partial charge is 0.344 e. The second kappa shape index (κ2) is 11.8. The molecule has 2 heterocycles. The monoisotopic (exact) mass is 640 g/mol. The second-order valence-electron chi connectivity index (χ2n) is 16.4. The quantitative estimate of drug-likeness (QED) is 0.271. The molecule has 1 aliphatic carbocycles. The minimum absolute atomic E-state index is 0.120. The number of carbonyl (C=O) groups is 1. The summed E-state index contributed by atoms with van der Waals surface area (Å²) in [5.74, 6) is 2.02. The Morgan fingerprint density at radius 1 is 0.894 bits per heavy atom. The van der Waals surface area contributed by atoms with E-state index in [1.54, 1.807) is 0 Å². The fourth-order valence-electron chi connectivity index (χ4n) is 8.59. The average Bonchev–Trinajstić information content (AvgIpc) is 2.97. The van der Waals surface area contributed by atoms with E-state index in [1.807, 2.05) is 44.2 Å². The number of aryl methyl sites for hydroxylation is 2. The molecule has 6 heteroatoms. The molecule has 6 nitrogen and oxygen atoms in total. The Bertz CT molecular complexity index is 1650. The predicted molar refractivity (Wildman–Crippen MR) is 185 cm³/mol. The first kappa shape index (κ1) is 33.2. The first-order valence-electron chi connectivity index (χ1n) is 17.2. The van der Waals surface area contributed by atoms with Crippen LogP contribution in [-0.4, -0.2) is 29.6 Å². The first-order chi connectivity index (χ1) is 22.0. The summed E-state index contributed by atoms with van der Waals surface area (Å²) in [6.07, 6.45) is 4.15. The van der Waals surface area contributed by atoms with Gasteiger partial charge in [-0.1, -0.05) is 85.2 Å². The van der Waals surface area contributed by atoms with E-state index in [0.717, 1.165) is 53.0 Å². The maximum Gasteiger partial charge on any atom is 0.344 e. The molecule has 3 aliphatic rings. The molecule has 3 aromatic rings. The number of rotatable bonds is 6. The highest BCUT2D eigenvalue weighted by Gasteiger charge is 2.53. The summed E-state index contributed by atoms with van der Waals surface area (Å²) in [6, 6.07) is 18.4. The van der Waals surface area contributed by atoms with Gasteiger partial charge in [-0.3, -0.25) is 0 Å². The van der Waals surface area contributed by atoms with Gasteiger partial charge in [0.25, 0.3) is 5.79 Å². The Morgan fingerprint density at radius 3 is 2.13 bits per heavy atom. The number of ether oxygens (including phenoxy) is 4. The third-order valence-corrected chi connectivity index (χ3v) is 11.2. The van der Waals surface area contributed by atoms with Crippen LogP contribution in [-0.2, 0) is 25.8 Å². The van der Waals surface area contributed by atoms with Crippen molar-refractivity contribution in [3.63, 3.8) is 0 Å². The fourth-order valence-corrected chi connectivity index (χ4v) is 8.59. The standard InChI is InChI=1S/C41H52O6/c1-25-15-16-29(40(8,9)28-13-11-10-12-14-28)34(17-25)45-37(43)22-44-33-21-31-36(19-27(33)3)47-41(24-39(31,6)7)23-38(4,5)30-20-32(42)26(2)18-35(30)46-41/h10-14,18-21,25,29,34,42H,15-17,22-24H2,1-9H3. The van der Waals surface area contributed by atoms with E-state index >= 15 is 0 Å². The van der Waals surface area contributed by atoms with Gasteiger partial charge in [0, 0.05) is 40.7 Å². The van der Waals surface area contributed by atoms with Crippen LogP contribution in [0, 0.1) is 25.7 Å². The van der Waals surface area contributed by atoms with Crippen LogP contribution in [0.4, 0.5) is 0 Å². The third-order valence-electron chi connectivity index (χ3n) is 11.2. The van der Waals surface area contributed by atoms with Crippen molar-refractivity contribution in [3.05, 3.63) is 82.4 Å². The zero-order chi connectivity index (χ0) is 33.9. The number of esters is 1. The lowest BCUT2D eigenvalue weighted by Gasteiger charge is -2.51. The van der Waals surface area contributed by atoms with Crippen LogP contribution in [0.25, 0.3) is 0 Å². The van der Waals surface area contributed by atoms with Crippen LogP contribution in [0.1, 0.15) is 108 Å². The second-order valence-corrected chi connectivity index (χ2v) is 16.4. The van der Waals surface area contributed by atoms with Gasteiger partial charge in [-0.05, 0) is 79.0 Å². The summed E-state index contributed by atoms with van der Waals surface area (Å²) in [5.41, 5.74) is 4.26. The summed E-state index contributed by atoms with van der Waals surface area (Å²) in [5, 5.41) is 10.4. The van der Waals surface area contributed by atoms with E-state index in [-0.39, 0.29) is 46.6 Å². The molecule has 0 amide bonds. The van der Waals surface area contributed by atoms with Gasteiger partial charge in [-0.2, -0.15) is 0 Å². The van der Waals surface area contributed by atoms with Crippen LogP contribution < -0.4 is 14.2 Å². The molecule has 4 atom stereocenters. The SMILES string of the molecule is Cc1cc2c(cc1O)C(C)(C)CC1(CC(C)(C)c3cc(OCC(=O)OC4CC(C)CCC4C(C)(C)c4ccccc4)c(C)cc3O1)O2. The number of hydrogen-bond acceptors (Lipinski definition) is 6. The number of fused-ring (bicyclic) bond motifs is 2. The van der Waals surface area contributed by atoms with Gasteiger partial charge in [0.1, 0.15) is 29.1 Å². The van der Waals surface area contributed by atoms with Crippen LogP contribution in [0.5, 0.6) is 23.0 Å². The lowest BCUT2D eigenvalue weighted by atomic mass is 9.64. The van der Waals surface area contributed by atoms with E-state index in [9.17, 15) is 9.90 Å². The summed E-state index contributed by atoms with van der Waals surface area (Å²) in [6.45, 7) is 19.3. The summed E-state index contributed by atoms with van der Waals surface area (Å²) in [4.78, 5) is 13.3. The van der Waals surface area contributed by atoms with Gasteiger partial charge < -0.3 is 24.1 Å². The predicted octanol–water partition coefficient (Wildman–Crippen LogP) is 9.23. The molecular weight excluding hydrogens is 588 g/mol. The Balaban J connectivity index is 1.18. The number of phenols is 1. The van der Waals surface area contributed by atoms with Crippen molar-refractivity contribution in [1.29, 1.82) is 0 Å². The van der Waals surface area contributed by atoms with E-state index < -0.39 is 5.79 Å². The van der Waals surface area contributed by atoms with E-state index in [4.69, 9.17) is 18.9 Å². The maximum atomic E-state index is 13.3. The molecule has 6 rings (SSSR count). The minimum Gasteiger partial charge on any atom is -0.508 e. The van der Waals surface area contributed by atoms with Crippen LogP contribution in [0.3, 0.4) is 0 Å². The lowest BCUT2D eigenvalue weighted by Crippen LogP contribution is -2.55. The zero-order valence-corrected chi connectivity index (χ0v) is 29.7. The van der Waals surface area contributed by atoms with Gasteiger partial charge in [0.15, 0.2) is 6.61 Å². The van der Waals surface area contributed by atoms with Crippen molar-refractivity contribution in [2.75, 3.05) is 6.61 Å². The largest absolute Gasteiger partial charge is 0.508 e. The molecule has 1 N–H and O–H groups in total. The molecule has 1 spiro atoms. The van der Waals surface area contributed by atoms with Crippen molar-refractivity contribution in [2.24, 2.45) is 11.8 Å². The van der Waals surface area contributed by atoms with Gasteiger partial charge >= 0.3 is 5.97 Å². The number of hydrogen-bond donors (Lipinski definition) is 1. The molecule has 0 bridgehead atoms. The minimum atomic E-state index is -0.851. The average molecular weight is 641 g/mol. The number of benzene rings is 3. The molecule has 1 saturated carbocycles. The van der Waals surface area contributed by atoms with Gasteiger partial charge in [-0.25, -0.2) is 4.79 Å². The zero-order valence-electron chi connectivity index (χ0n) is 29.7. The van der Waals surface area contributed by atoms with Crippen LogP contribution in [0.15, 0.2) is 54.6 Å². The van der Waals surface area contributed by atoms with Gasteiger partial charge in [0.05, 0.1) is 0 Å². The van der Waals surface area contributed by atoms with Crippen molar-refractivity contribution in [1.82, 2.24) is 0 Å². The molecular formula is C41H52O6. The lowest BCUT2D eigenvalue weighted by molar-refractivity contribution is -0.166. The van der Waals surface area contributed by atoms with Gasteiger partial charge in [-0.15, -0.1) is 0 Å². The molecule has 2 aliphatic heterocycles. The number of aromatic hydroxyl groups is 1. The highest BCUT2D eigenvalue weighted by Crippen LogP contribution is 2.55.